The quantitative estimate of drug-likeness (QED) is 0.763. The van der Waals surface area contributed by atoms with Crippen LogP contribution < -0.4 is 5.32 Å². The molecule has 0 fully saturated rings. The standard InChI is InChI=1S/C19H24ClN/c1-4-12-21-19(16-8-6-15(5-2)7-9-16)18-11-10-17(20)13-14(18)3/h6-11,13,19,21H,4-5,12H2,1-3H3. The number of rotatable bonds is 6. The molecule has 0 aliphatic heterocycles. The maximum Gasteiger partial charge on any atom is 0.0579 e. The van der Waals surface area contributed by atoms with E-state index in [-0.39, 0.29) is 6.04 Å². The van der Waals surface area contributed by atoms with Gasteiger partial charge in [-0.1, -0.05) is 55.8 Å². The van der Waals surface area contributed by atoms with Gasteiger partial charge in [0.2, 0.25) is 0 Å². The van der Waals surface area contributed by atoms with Gasteiger partial charge < -0.3 is 5.32 Å². The lowest BCUT2D eigenvalue weighted by atomic mass is 9.94. The van der Waals surface area contributed by atoms with E-state index in [1.807, 2.05) is 12.1 Å². The molecule has 0 aliphatic rings. The molecule has 0 bridgehead atoms. The van der Waals surface area contributed by atoms with E-state index in [1.165, 1.54) is 22.3 Å². The van der Waals surface area contributed by atoms with Crippen molar-refractivity contribution in [3.8, 4) is 0 Å². The third-order valence-corrected chi connectivity index (χ3v) is 4.10. The summed E-state index contributed by atoms with van der Waals surface area (Å²) in [5.41, 5.74) is 5.22. The molecule has 0 radical (unpaired) electrons. The first-order chi connectivity index (χ1) is 10.2. The molecule has 2 rings (SSSR count). The highest BCUT2D eigenvalue weighted by Gasteiger charge is 2.15. The van der Waals surface area contributed by atoms with Gasteiger partial charge >= 0.3 is 0 Å². The first-order valence-corrected chi connectivity index (χ1v) is 8.11. The lowest BCUT2D eigenvalue weighted by Gasteiger charge is -2.22. The number of aryl methyl sites for hydroxylation is 2. The Morgan fingerprint density at radius 2 is 1.76 bits per heavy atom. The molecule has 2 aromatic carbocycles. The summed E-state index contributed by atoms with van der Waals surface area (Å²) in [5, 5.41) is 4.45. The Labute approximate surface area is 133 Å². The Morgan fingerprint density at radius 3 is 2.33 bits per heavy atom. The summed E-state index contributed by atoms with van der Waals surface area (Å²) in [4.78, 5) is 0. The van der Waals surface area contributed by atoms with E-state index in [0.717, 1.165) is 24.4 Å². The Kier molecular flexibility index (Phi) is 5.84. The zero-order chi connectivity index (χ0) is 15.2. The van der Waals surface area contributed by atoms with Crippen molar-refractivity contribution in [1.29, 1.82) is 0 Å². The average molecular weight is 302 g/mol. The molecule has 1 atom stereocenters. The maximum absolute atomic E-state index is 6.09. The minimum atomic E-state index is 0.230. The smallest absolute Gasteiger partial charge is 0.0579 e. The Bertz CT molecular complexity index is 575. The molecule has 112 valence electrons. The largest absolute Gasteiger partial charge is 0.306 e. The molecule has 0 amide bonds. The molecule has 0 saturated heterocycles. The van der Waals surface area contributed by atoms with Gasteiger partial charge in [-0.3, -0.25) is 0 Å². The summed E-state index contributed by atoms with van der Waals surface area (Å²) in [5.74, 6) is 0. The van der Waals surface area contributed by atoms with Crippen LogP contribution in [0.2, 0.25) is 5.02 Å². The van der Waals surface area contributed by atoms with Crippen molar-refractivity contribution in [2.75, 3.05) is 6.54 Å². The van der Waals surface area contributed by atoms with Crippen molar-refractivity contribution in [3.63, 3.8) is 0 Å². The fourth-order valence-electron chi connectivity index (χ4n) is 2.60. The van der Waals surface area contributed by atoms with Crippen LogP contribution >= 0.6 is 11.6 Å². The maximum atomic E-state index is 6.09. The molecule has 2 heteroatoms. The van der Waals surface area contributed by atoms with Crippen LogP contribution in [0.1, 0.15) is 48.6 Å². The van der Waals surface area contributed by atoms with Crippen LogP contribution in [-0.2, 0) is 6.42 Å². The minimum absolute atomic E-state index is 0.230. The molecule has 0 aliphatic carbocycles. The SMILES string of the molecule is CCCNC(c1ccc(CC)cc1)c1ccc(Cl)cc1C. The van der Waals surface area contributed by atoms with Crippen LogP contribution in [0.5, 0.6) is 0 Å². The minimum Gasteiger partial charge on any atom is -0.306 e. The van der Waals surface area contributed by atoms with Gasteiger partial charge in [0, 0.05) is 5.02 Å². The molecule has 1 N–H and O–H groups in total. The van der Waals surface area contributed by atoms with Crippen LogP contribution in [0.3, 0.4) is 0 Å². The van der Waals surface area contributed by atoms with Gasteiger partial charge in [-0.25, -0.2) is 0 Å². The van der Waals surface area contributed by atoms with Gasteiger partial charge in [-0.2, -0.15) is 0 Å². The van der Waals surface area contributed by atoms with Gasteiger partial charge in [0.1, 0.15) is 0 Å². The fraction of sp³-hybridized carbons (Fsp3) is 0.368. The van der Waals surface area contributed by atoms with E-state index in [4.69, 9.17) is 11.6 Å². The van der Waals surface area contributed by atoms with Crippen LogP contribution in [0.4, 0.5) is 0 Å². The predicted octanol–water partition coefficient (Wildman–Crippen LogP) is 5.30. The molecule has 2 aromatic rings. The number of hydrogen-bond acceptors (Lipinski definition) is 1. The number of nitrogens with one attached hydrogen (secondary N) is 1. The highest BCUT2D eigenvalue weighted by molar-refractivity contribution is 6.30. The number of hydrogen-bond donors (Lipinski definition) is 1. The van der Waals surface area contributed by atoms with E-state index in [2.05, 4.69) is 56.4 Å². The van der Waals surface area contributed by atoms with Crippen molar-refractivity contribution in [2.45, 2.75) is 39.7 Å². The average Bonchev–Trinajstić information content (AvgIpc) is 2.50. The Hall–Kier alpha value is -1.31. The normalized spacial score (nSPS) is 12.4. The van der Waals surface area contributed by atoms with Gasteiger partial charge in [-0.15, -0.1) is 0 Å². The molecule has 0 saturated carbocycles. The summed E-state index contributed by atoms with van der Waals surface area (Å²) in [6, 6.07) is 15.3. The summed E-state index contributed by atoms with van der Waals surface area (Å²) in [6.45, 7) is 7.51. The van der Waals surface area contributed by atoms with Crippen molar-refractivity contribution < 1.29 is 0 Å². The zero-order valence-corrected chi connectivity index (χ0v) is 13.9. The molecule has 0 heterocycles. The van der Waals surface area contributed by atoms with Crippen molar-refractivity contribution in [1.82, 2.24) is 5.32 Å². The van der Waals surface area contributed by atoms with E-state index in [9.17, 15) is 0 Å². The van der Waals surface area contributed by atoms with Crippen molar-refractivity contribution in [3.05, 3.63) is 69.7 Å². The van der Waals surface area contributed by atoms with Gasteiger partial charge in [-0.05, 0) is 60.7 Å². The predicted molar refractivity (Wildman–Crippen MR) is 92.1 cm³/mol. The topological polar surface area (TPSA) is 12.0 Å². The second-order valence-corrected chi connectivity index (χ2v) is 5.92. The lowest BCUT2D eigenvalue weighted by Crippen LogP contribution is -2.24. The van der Waals surface area contributed by atoms with Crippen molar-refractivity contribution >= 4 is 11.6 Å². The second kappa shape index (κ2) is 7.63. The van der Waals surface area contributed by atoms with E-state index >= 15 is 0 Å². The Morgan fingerprint density at radius 1 is 1.05 bits per heavy atom. The molecule has 1 nitrogen and oxygen atoms in total. The van der Waals surface area contributed by atoms with Crippen LogP contribution in [0.25, 0.3) is 0 Å². The van der Waals surface area contributed by atoms with E-state index < -0.39 is 0 Å². The first-order valence-electron chi connectivity index (χ1n) is 7.74. The summed E-state index contributed by atoms with van der Waals surface area (Å²) in [6.07, 6.45) is 2.20. The number of halogens is 1. The van der Waals surface area contributed by atoms with Crippen molar-refractivity contribution in [2.24, 2.45) is 0 Å². The van der Waals surface area contributed by atoms with Gasteiger partial charge in [0.25, 0.3) is 0 Å². The van der Waals surface area contributed by atoms with Gasteiger partial charge in [0.15, 0.2) is 0 Å². The third kappa shape index (κ3) is 4.09. The summed E-state index contributed by atoms with van der Waals surface area (Å²) < 4.78 is 0. The first kappa shape index (κ1) is 16.1. The monoisotopic (exact) mass is 301 g/mol. The van der Waals surface area contributed by atoms with E-state index in [1.54, 1.807) is 0 Å². The molecule has 0 spiro atoms. The Balaban J connectivity index is 2.36. The van der Waals surface area contributed by atoms with Gasteiger partial charge in [0.05, 0.1) is 6.04 Å². The van der Waals surface area contributed by atoms with Crippen LogP contribution in [0.15, 0.2) is 42.5 Å². The molecular formula is C19H24ClN. The number of benzene rings is 2. The second-order valence-electron chi connectivity index (χ2n) is 5.48. The highest BCUT2D eigenvalue weighted by atomic mass is 35.5. The van der Waals surface area contributed by atoms with Crippen LogP contribution in [0, 0.1) is 6.92 Å². The highest BCUT2D eigenvalue weighted by Crippen LogP contribution is 2.27. The lowest BCUT2D eigenvalue weighted by molar-refractivity contribution is 0.596. The summed E-state index contributed by atoms with van der Waals surface area (Å²) in [7, 11) is 0. The third-order valence-electron chi connectivity index (χ3n) is 3.86. The molecule has 1 unspecified atom stereocenters. The molecular weight excluding hydrogens is 278 g/mol. The fourth-order valence-corrected chi connectivity index (χ4v) is 2.83. The van der Waals surface area contributed by atoms with E-state index in [0.29, 0.717) is 0 Å². The molecule has 21 heavy (non-hydrogen) atoms. The van der Waals surface area contributed by atoms with Crippen LogP contribution in [-0.4, -0.2) is 6.54 Å². The summed E-state index contributed by atoms with van der Waals surface area (Å²) >= 11 is 6.09. The molecule has 0 aromatic heterocycles. The zero-order valence-electron chi connectivity index (χ0n) is 13.1.